The van der Waals surface area contributed by atoms with Gasteiger partial charge >= 0.3 is 0 Å². The molecule has 0 unspecified atom stereocenters. The zero-order valence-electron chi connectivity index (χ0n) is 7.21. The molecule has 0 bridgehead atoms. The average molecular weight is 222 g/mol. The third-order valence-electron chi connectivity index (χ3n) is 1.61. The SMILES string of the molecule is CNS(=O)(=O)c1cc(N)c(F)c(F)c1. The molecule has 0 amide bonds. The van der Waals surface area contributed by atoms with E-state index < -0.39 is 32.2 Å². The lowest BCUT2D eigenvalue weighted by Crippen LogP contribution is -2.19. The van der Waals surface area contributed by atoms with Crippen LogP contribution in [0.2, 0.25) is 0 Å². The molecule has 0 aromatic heterocycles. The molecule has 4 nitrogen and oxygen atoms in total. The monoisotopic (exact) mass is 222 g/mol. The third kappa shape index (κ3) is 1.83. The maximum absolute atomic E-state index is 12.8. The quantitative estimate of drug-likeness (QED) is 0.714. The minimum absolute atomic E-state index is 0.406. The number of nitrogens with one attached hydrogen (secondary N) is 1. The normalized spacial score (nSPS) is 11.6. The number of nitrogen functional groups attached to an aromatic ring is 1. The Labute approximate surface area is 79.8 Å². The highest BCUT2D eigenvalue weighted by atomic mass is 32.2. The lowest BCUT2D eigenvalue weighted by molar-refractivity contribution is 0.508. The molecular formula is C7H8F2N2O2S. The number of anilines is 1. The van der Waals surface area contributed by atoms with Gasteiger partial charge in [-0.25, -0.2) is 21.9 Å². The second kappa shape index (κ2) is 3.50. The van der Waals surface area contributed by atoms with Crippen LogP contribution in [0.5, 0.6) is 0 Å². The Hall–Kier alpha value is -1.21. The van der Waals surface area contributed by atoms with Crippen molar-refractivity contribution in [3.8, 4) is 0 Å². The molecule has 0 fully saturated rings. The molecule has 3 N–H and O–H groups in total. The Bertz CT molecular complexity index is 436. The molecule has 0 aliphatic rings. The summed E-state index contributed by atoms with van der Waals surface area (Å²) in [6.45, 7) is 0. The number of benzene rings is 1. The van der Waals surface area contributed by atoms with Crippen molar-refractivity contribution in [3.05, 3.63) is 23.8 Å². The summed E-state index contributed by atoms with van der Waals surface area (Å²) >= 11 is 0. The predicted molar refractivity (Wildman–Crippen MR) is 47.0 cm³/mol. The van der Waals surface area contributed by atoms with E-state index in [1.54, 1.807) is 0 Å². The van der Waals surface area contributed by atoms with Crippen LogP contribution in [-0.2, 0) is 10.0 Å². The first-order valence-corrected chi connectivity index (χ1v) is 5.05. The minimum atomic E-state index is -3.80. The second-order valence-electron chi connectivity index (χ2n) is 2.52. The minimum Gasteiger partial charge on any atom is -0.396 e. The van der Waals surface area contributed by atoms with Crippen LogP contribution in [-0.4, -0.2) is 15.5 Å². The van der Waals surface area contributed by atoms with Gasteiger partial charge < -0.3 is 5.73 Å². The van der Waals surface area contributed by atoms with Gasteiger partial charge in [-0.3, -0.25) is 0 Å². The van der Waals surface area contributed by atoms with Crippen molar-refractivity contribution >= 4 is 15.7 Å². The average Bonchev–Trinajstić information content (AvgIpc) is 2.13. The Morgan fingerprint density at radius 2 is 1.93 bits per heavy atom. The smallest absolute Gasteiger partial charge is 0.240 e. The topological polar surface area (TPSA) is 72.2 Å². The van der Waals surface area contributed by atoms with Crippen LogP contribution in [0.15, 0.2) is 17.0 Å². The Kier molecular flexibility index (Phi) is 2.72. The summed E-state index contributed by atoms with van der Waals surface area (Å²) in [4.78, 5) is -0.406. The molecule has 0 saturated carbocycles. The van der Waals surface area contributed by atoms with Crippen LogP contribution < -0.4 is 10.5 Å². The number of halogens is 2. The van der Waals surface area contributed by atoms with Crippen molar-refractivity contribution in [2.75, 3.05) is 12.8 Å². The van der Waals surface area contributed by atoms with Crippen LogP contribution >= 0.6 is 0 Å². The molecule has 0 spiro atoms. The van der Waals surface area contributed by atoms with E-state index in [0.29, 0.717) is 6.07 Å². The standard InChI is InChI=1S/C7H8F2N2O2S/c1-11-14(12,13)4-2-5(8)7(9)6(10)3-4/h2-3,11H,10H2,1H3. The van der Waals surface area contributed by atoms with Gasteiger partial charge in [0.05, 0.1) is 10.6 Å². The summed E-state index contributed by atoms with van der Waals surface area (Å²) in [5, 5.41) is 0. The molecule has 0 radical (unpaired) electrons. The fourth-order valence-corrected chi connectivity index (χ4v) is 1.63. The molecule has 78 valence electrons. The van der Waals surface area contributed by atoms with Crippen LogP contribution in [0.3, 0.4) is 0 Å². The molecule has 0 aliphatic heterocycles. The molecule has 1 aromatic carbocycles. The van der Waals surface area contributed by atoms with Crippen molar-refractivity contribution < 1.29 is 17.2 Å². The van der Waals surface area contributed by atoms with Gasteiger partial charge in [-0.1, -0.05) is 0 Å². The van der Waals surface area contributed by atoms with E-state index in [4.69, 9.17) is 5.73 Å². The molecule has 0 atom stereocenters. The van der Waals surface area contributed by atoms with E-state index in [0.717, 1.165) is 13.1 Å². The van der Waals surface area contributed by atoms with Gasteiger partial charge in [0.2, 0.25) is 10.0 Å². The first-order chi connectivity index (χ1) is 6.38. The number of rotatable bonds is 2. The molecule has 1 aromatic rings. The van der Waals surface area contributed by atoms with Crippen molar-refractivity contribution in [1.29, 1.82) is 0 Å². The lowest BCUT2D eigenvalue weighted by Gasteiger charge is -2.04. The van der Waals surface area contributed by atoms with Crippen molar-refractivity contribution in [2.24, 2.45) is 0 Å². The van der Waals surface area contributed by atoms with E-state index in [1.807, 2.05) is 4.72 Å². The van der Waals surface area contributed by atoms with Crippen molar-refractivity contribution in [1.82, 2.24) is 4.72 Å². The summed E-state index contributed by atoms with van der Waals surface area (Å²) < 4.78 is 49.7. The maximum atomic E-state index is 12.8. The molecule has 7 heteroatoms. The molecule has 0 heterocycles. The largest absolute Gasteiger partial charge is 0.396 e. The highest BCUT2D eigenvalue weighted by Crippen LogP contribution is 2.19. The van der Waals surface area contributed by atoms with Crippen LogP contribution in [0.25, 0.3) is 0 Å². The number of hydrogen-bond acceptors (Lipinski definition) is 3. The molecule has 0 saturated heterocycles. The van der Waals surface area contributed by atoms with Crippen LogP contribution in [0.4, 0.5) is 14.5 Å². The highest BCUT2D eigenvalue weighted by molar-refractivity contribution is 7.89. The predicted octanol–water partition coefficient (Wildman–Crippen LogP) is 0.455. The van der Waals surface area contributed by atoms with E-state index in [-0.39, 0.29) is 0 Å². The fraction of sp³-hybridized carbons (Fsp3) is 0.143. The zero-order chi connectivity index (χ0) is 10.9. The first kappa shape index (κ1) is 10.9. The summed E-state index contributed by atoms with van der Waals surface area (Å²) in [5.41, 5.74) is 4.52. The fourth-order valence-electron chi connectivity index (χ4n) is 0.857. The van der Waals surface area contributed by atoms with Crippen molar-refractivity contribution in [3.63, 3.8) is 0 Å². The van der Waals surface area contributed by atoms with Gasteiger partial charge in [-0.2, -0.15) is 0 Å². The number of sulfonamides is 1. The Morgan fingerprint density at radius 3 is 2.36 bits per heavy atom. The molecular weight excluding hydrogens is 214 g/mol. The summed E-state index contributed by atoms with van der Waals surface area (Å²) in [7, 11) is -2.64. The number of nitrogens with two attached hydrogens (primary N) is 1. The maximum Gasteiger partial charge on any atom is 0.240 e. The van der Waals surface area contributed by atoms with Gasteiger partial charge in [-0.15, -0.1) is 0 Å². The van der Waals surface area contributed by atoms with E-state index in [1.165, 1.54) is 0 Å². The van der Waals surface area contributed by atoms with Crippen molar-refractivity contribution in [2.45, 2.75) is 4.90 Å². The number of hydrogen-bond donors (Lipinski definition) is 2. The van der Waals surface area contributed by atoms with E-state index >= 15 is 0 Å². The second-order valence-corrected chi connectivity index (χ2v) is 4.40. The first-order valence-electron chi connectivity index (χ1n) is 3.56. The lowest BCUT2D eigenvalue weighted by atomic mass is 10.3. The van der Waals surface area contributed by atoms with Crippen LogP contribution in [0, 0.1) is 11.6 Å². The molecule has 0 aliphatic carbocycles. The van der Waals surface area contributed by atoms with Gasteiger partial charge in [0.25, 0.3) is 0 Å². The van der Waals surface area contributed by atoms with Crippen LogP contribution in [0.1, 0.15) is 0 Å². The van der Waals surface area contributed by atoms with Gasteiger partial charge in [-0.05, 0) is 19.2 Å². The Morgan fingerprint density at radius 1 is 1.36 bits per heavy atom. The zero-order valence-corrected chi connectivity index (χ0v) is 8.03. The van der Waals surface area contributed by atoms with E-state index in [9.17, 15) is 17.2 Å². The highest BCUT2D eigenvalue weighted by Gasteiger charge is 2.16. The summed E-state index contributed by atoms with van der Waals surface area (Å²) in [5.74, 6) is -2.54. The van der Waals surface area contributed by atoms with Gasteiger partial charge in [0.1, 0.15) is 0 Å². The summed E-state index contributed by atoms with van der Waals surface area (Å²) in [6, 6.07) is 1.42. The van der Waals surface area contributed by atoms with Gasteiger partial charge in [0.15, 0.2) is 11.6 Å². The molecule has 1 rings (SSSR count). The van der Waals surface area contributed by atoms with Gasteiger partial charge in [0, 0.05) is 0 Å². The summed E-state index contributed by atoms with van der Waals surface area (Å²) in [6.07, 6.45) is 0. The third-order valence-corrected chi connectivity index (χ3v) is 3.00. The Balaban J connectivity index is 3.41. The van der Waals surface area contributed by atoms with E-state index in [2.05, 4.69) is 0 Å². The molecule has 14 heavy (non-hydrogen) atoms.